The summed E-state index contributed by atoms with van der Waals surface area (Å²) in [7, 11) is 1.64. The van der Waals surface area contributed by atoms with E-state index in [4.69, 9.17) is 19.3 Å². The molecule has 0 saturated carbocycles. The van der Waals surface area contributed by atoms with E-state index in [0.29, 0.717) is 24.2 Å². The fourth-order valence-electron chi connectivity index (χ4n) is 1.97. The van der Waals surface area contributed by atoms with Crippen molar-refractivity contribution in [3.63, 3.8) is 0 Å². The molecule has 6 heteroatoms. The van der Waals surface area contributed by atoms with Crippen molar-refractivity contribution in [2.75, 3.05) is 45.2 Å². The summed E-state index contributed by atoms with van der Waals surface area (Å²) in [6.45, 7) is 1.38. The van der Waals surface area contributed by atoms with Gasteiger partial charge in [0.15, 0.2) is 0 Å². The molecule has 1 N–H and O–H groups in total. The Balaban J connectivity index is 2.27. The standard InChI is InChI=1S/C18H30O4S2/c1-20-12-13-21-16-22-17(9-5-6-11-19)8-3-2-4-10-18-23-14-7-15-24-18/h2-6,8,17-19H,7,9-16H2,1H3/b4-2-,6-5+,8-3+/t17-/m1/s1. The van der Waals surface area contributed by atoms with E-state index < -0.39 is 0 Å². The van der Waals surface area contributed by atoms with Crippen LogP contribution in [0.5, 0.6) is 0 Å². The van der Waals surface area contributed by atoms with Gasteiger partial charge in [0.2, 0.25) is 0 Å². The molecule has 1 heterocycles. The zero-order valence-corrected chi connectivity index (χ0v) is 16.1. The number of aliphatic hydroxyl groups is 1. The Morgan fingerprint density at radius 1 is 1.12 bits per heavy atom. The second-order valence-corrected chi connectivity index (χ2v) is 8.11. The lowest BCUT2D eigenvalue weighted by Gasteiger charge is -2.18. The van der Waals surface area contributed by atoms with Crippen molar-refractivity contribution in [3.8, 4) is 0 Å². The first-order chi connectivity index (χ1) is 11.9. The highest BCUT2D eigenvalue weighted by molar-refractivity contribution is 8.17. The van der Waals surface area contributed by atoms with Crippen LogP contribution in [0.15, 0.2) is 36.5 Å². The molecule has 0 aromatic heterocycles. The van der Waals surface area contributed by atoms with Gasteiger partial charge in [0, 0.05) is 7.11 Å². The molecule has 0 aromatic carbocycles. The minimum absolute atomic E-state index is 0.0530. The van der Waals surface area contributed by atoms with Gasteiger partial charge in [-0.3, -0.25) is 0 Å². The van der Waals surface area contributed by atoms with Crippen LogP contribution in [0.3, 0.4) is 0 Å². The molecule has 0 bridgehead atoms. The monoisotopic (exact) mass is 374 g/mol. The average Bonchev–Trinajstić information content (AvgIpc) is 2.61. The number of methoxy groups -OCH3 is 1. The molecule has 1 aliphatic heterocycles. The Kier molecular flexibility index (Phi) is 14.8. The first-order valence-corrected chi connectivity index (χ1v) is 10.5. The molecule has 0 radical (unpaired) electrons. The summed E-state index contributed by atoms with van der Waals surface area (Å²) < 4.78 is 16.7. The minimum Gasteiger partial charge on any atom is -0.392 e. The molecule has 1 fully saturated rings. The van der Waals surface area contributed by atoms with Gasteiger partial charge in [-0.1, -0.05) is 36.5 Å². The van der Waals surface area contributed by atoms with Crippen LogP contribution in [-0.2, 0) is 14.2 Å². The lowest BCUT2D eigenvalue weighted by molar-refractivity contribution is -0.0838. The van der Waals surface area contributed by atoms with Crippen LogP contribution in [0.25, 0.3) is 0 Å². The lowest BCUT2D eigenvalue weighted by atomic mass is 10.2. The predicted octanol–water partition coefficient (Wildman–Crippen LogP) is 3.63. The number of allylic oxidation sites excluding steroid dienone is 3. The predicted molar refractivity (Wildman–Crippen MR) is 105 cm³/mol. The van der Waals surface area contributed by atoms with Crippen LogP contribution in [-0.4, -0.2) is 61.0 Å². The van der Waals surface area contributed by atoms with Crippen molar-refractivity contribution in [3.05, 3.63) is 36.5 Å². The van der Waals surface area contributed by atoms with Gasteiger partial charge in [-0.25, -0.2) is 0 Å². The van der Waals surface area contributed by atoms with Crippen LogP contribution in [0.1, 0.15) is 19.3 Å². The smallest absolute Gasteiger partial charge is 0.147 e. The van der Waals surface area contributed by atoms with Crippen molar-refractivity contribution in [1.82, 2.24) is 0 Å². The van der Waals surface area contributed by atoms with E-state index in [1.807, 2.05) is 18.2 Å². The van der Waals surface area contributed by atoms with Gasteiger partial charge in [-0.05, 0) is 30.8 Å². The molecule has 0 aromatic rings. The zero-order valence-electron chi connectivity index (χ0n) is 14.5. The van der Waals surface area contributed by atoms with Crippen LogP contribution in [0, 0.1) is 0 Å². The normalized spacial score (nSPS) is 18.2. The van der Waals surface area contributed by atoms with Crippen LogP contribution < -0.4 is 0 Å². The molecule has 1 saturated heterocycles. The van der Waals surface area contributed by atoms with E-state index in [-0.39, 0.29) is 19.5 Å². The molecular weight excluding hydrogens is 344 g/mol. The van der Waals surface area contributed by atoms with Gasteiger partial charge in [0.1, 0.15) is 6.79 Å². The second-order valence-electron chi connectivity index (χ2n) is 5.19. The van der Waals surface area contributed by atoms with Crippen molar-refractivity contribution < 1.29 is 19.3 Å². The maximum Gasteiger partial charge on any atom is 0.147 e. The van der Waals surface area contributed by atoms with E-state index >= 15 is 0 Å². The Hall–Kier alpha value is -0.240. The molecule has 0 unspecified atom stereocenters. The molecule has 24 heavy (non-hydrogen) atoms. The third-order valence-electron chi connectivity index (χ3n) is 3.24. The van der Waals surface area contributed by atoms with E-state index in [0.717, 1.165) is 6.42 Å². The minimum atomic E-state index is -0.0570. The van der Waals surface area contributed by atoms with E-state index in [1.165, 1.54) is 17.9 Å². The van der Waals surface area contributed by atoms with Crippen molar-refractivity contribution >= 4 is 23.5 Å². The fraction of sp³-hybridized carbons (Fsp3) is 0.667. The molecule has 1 atom stereocenters. The molecule has 0 amide bonds. The molecule has 1 rings (SSSR count). The third kappa shape index (κ3) is 12.2. The van der Waals surface area contributed by atoms with Crippen molar-refractivity contribution in [2.24, 2.45) is 0 Å². The highest BCUT2D eigenvalue weighted by Gasteiger charge is 2.11. The van der Waals surface area contributed by atoms with Gasteiger partial charge in [-0.2, -0.15) is 0 Å². The molecule has 0 spiro atoms. The maximum atomic E-state index is 8.82. The summed E-state index contributed by atoms with van der Waals surface area (Å²) in [6.07, 6.45) is 15.1. The van der Waals surface area contributed by atoms with Gasteiger partial charge >= 0.3 is 0 Å². The molecule has 4 nitrogen and oxygen atoms in total. The quantitative estimate of drug-likeness (QED) is 0.230. The Bertz CT molecular complexity index is 366. The fourth-order valence-corrected chi connectivity index (χ4v) is 4.76. The summed E-state index contributed by atoms with van der Waals surface area (Å²) >= 11 is 4.12. The lowest BCUT2D eigenvalue weighted by Crippen LogP contribution is -2.13. The molecular formula is C18H30O4S2. The summed E-state index contributed by atoms with van der Waals surface area (Å²) in [5.74, 6) is 2.58. The largest absolute Gasteiger partial charge is 0.392 e. The molecule has 138 valence electrons. The first kappa shape index (κ1) is 21.8. The second kappa shape index (κ2) is 16.2. The SMILES string of the molecule is COCCOCO[C@H](/C=C/C=C\CC1SCCCS1)C/C=C/CO. The number of ether oxygens (including phenoxy) is 3. The number of rotatable bonds is 13. The third-order valence-corrected chi connectivity index (χ3v) is 6.23. The average molecular weight is 375 g/mol. The van der Waals surface area contributed by atoms with Gasteiger partial charge in [-0.15, -0.1) is 23.5 Å². The number of aliphatic hydroxyl groups excluding tert-OH is 1. The summed E-state index contributed by atoms with van der Waals surface area (Å²) in [6, 6.07) is 0. The van der Waals surface area contributed by atoms with Gasteiger partial charge in [0.25, 0.3) is 0 Å². The van der Waals surface area contributed by atoms with Crippen molar-refractivity contribution in [1.29, 1.82) is 0 Å². The van der Waals surface area contributed by atoms with E-state index in [1.54, 1.807) is 13.2 Å². The Labute approximate surface area is 154 Å². The maximum absolute atomic E-state index is 8.82. The van der Waals surface area contributed by atoms with E-state index in [9.17, 15) is 0 Å². The van der Waals surface area contributed by atoms with Crippen LogP contribution in [0.4, 0.5) is 0 Å². The van der Waals surface area contributed by atoms with E-state index in [2.05, 4.69) is 35.7 Å². The number of hydrogen-bond donors (Lipinski definition) is 1. The van der Waals surface area contributed by atoms with Crippen molar-refractivity contribution in [2.45, 2.75) is 29.9 Å². The summed E-state index contributed by atoms with van der Waals surface area (Å²) in [5, 5.41) is 8.82. The highest BCUT2D eigenvalue weighted by Crippen LogP contribution is 2.32. The zero-order chi connectivity index (χ0) is 17.3. The highest BCUT2D eigenvalue weighted by atomic mass is 32.2. The number of hydrogen-bond acceptors (Lipinski definition) is 6. The Morgan fingerprint density at radius 3 is 2.71 bits per heavy atom. The van der Waals surface area contributed by atoms with Crippen LogP contribution >= 0.6 is 23.5 Å². The first-order valence-electron chi connectivity index (χ1n) is 8.37. The topological polar surface area (TPSA) is 47.9 Å². The Morgan fingerprint density at radius 2 is 1.96 bits per heavy atom. The molecule has 0 aliphatic carbocycles. The summed E-state index contributed by atoms with van der Waals surface area (Å²) in [5.41, 5.74) is 0. The van der Waals surface area contributed by atoms with Gasteiger partial charge < -0.3 is 19.3 Å². The van der Waals surface area contributed by atoms with Crippen LogP contribution in [0.2, 0.25) is 0 Å². The molecule has 1 aliphatic rings. The summed E-state index contributed by atoms with van der Waals surface area (Å²) in [4.78, 5) is 0. The van der Waals surface area contributed by atoms with Gasteiger partial charge in [0.05, 0.1) is 30.5 Å². The number of thioether (sulfide) groups is 2.